The first-order valence-corrected chi connectivity index (χ1v) is 17.2. The summed E-state index contributed by atoms with van der Waals surface area (Å²) in [5.41, 5.74) is -1.49. The highest BCUT2D eigenvalue weighted by atomic mass is 16.3. The van der Waals surface area contributed by atoms with Gasteiger partial charge in [-0.25, -0.2) is 15.0 Å². The summed E-state index contributed by atoms with van der Waals surface area (Å²) in [5, 5.41) is -1.01. The standard InChI is InChI=1S/C51H32N4O/c1-4-14-33(15-5-1)36-25-28-45-42(30-36)39-20-10-12-22-44(39)55(45)46-29-26-37(38-24-27-41-40-21-11-13-23-47(40)56-48(41)32-38)31-43(46)51-53-49(34-16-6-2-7-17-34)52-50(54-51)35-18-8-3-9-19-35/h1-32H/i1D,4D,5D,10D,11D,12D,13D,14D,15D,20D,21D,22D,23D,24D,25D,27D,28D,30D,32D. The minimum atomic E-state index is -0.775. The van der Waals surface area contributed by atoms with Crippen LogP contribution in [0.4, 0.5) is 0 Å². The first kappa shape index (κ1) is 18.1. The van der Waals surface area contributed by atoms with Crippen molar-refractivity contribution in [3.63, 3.8) is 0 Å². The fraction of sp³-hybridized carbons (Fsp3) is 0. The van der Waals surface area contributed by atoms with Crippen molar-refractivity contribution in [3.8, 4) is 62.1 Å². The number of furan rings is 1. The predicted molar refractivity (Wildman–Crippen MR) is 229 cm³/mol. The Morgan fingerprint density at radius 2 is 1.02 bits per heavy atom. The van der Waals surface area contributed by atoms with Crippen LogP contribution in [0.5, 0.6) is 0 Å². The van der Waals surface area contributed by atoms with E-state index in [0.29, 0.717) is 11.1 Å². The molecule has 5 nitrogen and oxygen atoms in total. The van der Waals surface area contributed by atoms with Crippen molar-refractivity contribution in [2.45, 2.75) is 0 Å². The molecule has 0 bridgehead atoms. The van der Waals surface area contributed by atoms with E-state index in [1.807, 2.05) is 0 Å². The number of benzene rings is 8. The highest BCUT2D eigenvalue weighted by Crippen LogP contribution is 2.40. The highest BCUT2D eigenvalue weighted by molar-refractivity contribution is 6.11. The van der Waals surface area contributed by atoms with Gasteiger partial charge in [-0.15, -0.1) is 0 Å². The number of hydrogen-bond donors (Lipinski definition) is 0. The van der Waals surface area contributed by atoms with E-state index in [9.17, 15) is 11.0 Å². The summed E-state index contributed by atoms with van der Waals surface area (Å²) >= 11 is 0. The second-order valence-electron chi connectivity index (χ2n) is 12.6. The summed E-state index contributed by atoms with van der Waals surface area (Å²) in [6.45, 7) is 0. The maximum Gasteiger partial charge on any atom is 0.166 e. The molecule has 0 saturated carbocycles. The summed E-state index contributed by atoms with van der Waals surface area (Å²) in [5.74, 6) is 0.212. The Kier molecular flexibility index (Phi) is 4.22. The molecule has 0 aliphatic carbocycles. The van der Waals surface area contributed by atoms with E-state index < -0.39 is 126 Å². The third-order valence-corrected chi connectivity index (χ3v) is 9.26. The van der Waals surface area contributed by atoms with Gasteiger partial charge in [0.25, 0.3) is 0 Å². The van der Waals surface area contributed by atoms with E-state index >= 15 is 0 Å². The molecule has 0 spiro atoms. The van der Waals surface area contributed by atoms with E-state index in [-0.39, 0.29) is 83.6 Å². The Labute approximate surface area is 349 Å². The van der Waals surface area contributed by atoms with Crippen molar-refractivity contribution in [1.82, 2.24) is 19.5 Å². The first-order chi connectivity index (χ1) is 35.7. The van der Waals surface area contributed by atoms with Gasteiger partial charge in [-0.05, 0) is 70.6 Å². The van der Waals surface area contributed by atoms with Crippen LogP contribution in [-0.4, -0.2) is 19.5 Å². The van der Waals surface area contributed by atoms with Crippen molar-refractivity contribution in [2.24, 2.45) is 0 Å². The monoisotopic (exact) mass is 735 g/mol. The summed E-state index contributed by atoms with van der Waals surface area (Å²) in [4.78, 5) is 14.7. The third-order valence-electron chi connectivity index (χ3n) is 9.26. The summed E-state index contributed by atoms with van der Waals surface area (Å²) < 4.78 is 177. The van der Waals surface area contributed by atoms with Crippen molar-refractivity contribution in [1.29, 1.82) is 0 Å². The molecule has 56 heavy (non-hydrogen) atoms. The fourth-order valence-electron chi connectivity index (χ4n) is 6.69. The van der Waals surface area contributed by atoms with Crippen molar-refractivity contribution >= 4 is 43.7 Å². The van der Waals surface area contributed by atoms with E-state index in [1.165, 1.54) is 22.8 Å². The zero-order valence-corrected chi connectivity index (χ0v) is 28.7. The van der Waals surface area contributed by atoms with Gasteiger partial charge in [0.05, 0.1) is 42.8 Å². The van der Waals surface area contributed by atoms with Gasteiger partial charge in [0.15, 0.2) is 17.5 Å². The number of hydrogen-bond acceptors (Lipinski definition) is 4. The Hall–Kier alpha value is -7.63. The lowest BCUT2D eigenvalue weighted by atomic mass is 9.99. The summed E-state index contributed by atoms with van der Waals surface area (Å²) in [6.07, 6.45) is 0. The zero-order chi connectivity index (χ0) is 53.5. The molecule has 0 atom stereocenters. The molecular weight excluding hydrogens is 685 g/mol. The number of para-hydroxylation sites is 2. The van der Waals surface area contributed by atoms with Crippen LogP contribution < -0.4 is 0 Å². The van der Waals surface area contributed by atoms with Gasteiger partial charge >= 0.3 is 0 Å². The molecule has 3 aromatic heterocycles. The van der Waals surface area contributed by atoms with Gasteiger partial charge in [0, 0.05) is 38.2 Å². The quantitative estimate of drug-likeness (QED) is 0.171. The maximum absolute atomic E-state index is 9.73. The maximum atomic E-state index is 9.73. The van der Waals surface area contributed by atoms with E-state index in [4.69, 9.17) is 34.4 Å². The average molecular weight is 736 g/mol. The van der Waals surface area contributed by atoms with Gasteiger partial charge in [0.1, 0.15) is 11.2 Å². The third kappa shape index (κ3) is 5.37. The predicted octanol–water partition coefficient (Wildman–Crippen LogP) is 13.2. The van der Waals surface area contributed by atoms with Crippen LogP contribution in [0.3, 0.4) is 0 Å². The Morgan fingerprint density at radius 3 is 1.79 bits per heavy atom. The molecule has 3 heterocycles. The molecule has 0 fully saturated rings. The molecule has 8 aromatic carbocycles. The molecule has 0 N–H and O–H groups in total. The van der Waals surface area contributed by atoms with Crippen LogP contribution in [0.15, 0.2) is 198 Å². The molecule has 0 radical (unpaired) electrons. The van der Waals surface area contributed by atoms with Crippen LogP contribution in [0.25, 0.3) is 106 Å². The van der Waals surface area contributed by atoms with Crippen LogP contribution in [0.2, 0.25) is 0 Å². The molecule has 0 aliphatic rings. The SMILES string of the molecule is [2H]c1c([2H])c([2H])c(-c2c([2H])c([2H])c3c(c2[2H])c2c([2H])c([2H])c([2H])c([2H])c2n3-c2ccc(-c3c([2H])c([2H])c4c(oc5c([2H])c([2H])c([2H])c([2H])c54)c3[2H])cc2-c2nc(-c3ccccc3)nc(-c3ccccc3)n2)c([2H])c1[2H]. The molecule has 262 valence electrons. The lowest BCUT2D eigenvalue weighted by molar-refractivity contribution is 0.669. The molecule has 0 aliphatic heterocycles. The Morgan fingerprint density at radius 1 is 0.411 bits per heavy atom. The van der Waals surface area contributed by atoms with Gasteiger partial charge < -0.3 is 8.98 Å². The molecule has 5 heteroatoms. The van der Waals surface area contributed by atoms with Gasteiger partial charge in [0.2, 0.25) is 0 Å². The molecular formula is C51H32N4O. The second-order valence-corrected chi connectivity index (χ2v) is 12.6. The van der Waals surface area contributed by atoms with Gasteiger partial charge in [-0.1, -0.05) is 145 Å². The minimum Gasteiger partial charge on any atom is -0.456 e. The molecule has 11 rings (SSSR count). The fourth-order valence-corrected chi connectivity index (χ4v) is 6.69. The van der Waals surface area contributed by atoms with Crippen molar-refractivity contribution in [2.75, 3.05) is 0 Å². The average Bonchev–Trinajstić information content (AvgIpc) is 4.01. The summed E-state index contributed by atoms with van der Waals surface area (Å²) in [6, 6.07) is 9.39. The molecule has 0 saturated heterocycles. The van der Waals surface area contributed by atoms with Crippen LogP contribution in [0.1, 0.15) is 26.0 Å². The van der Waals surface area contributed by atoms with E-state index in [1.54, 1.807) is 60.7 Å². The normalized spacial score (nSPS) is 16.3. The first-order valence-electron chi connectivity index (χ1n) is 26.7. The zero-order valence-electron chi connectivity index (χ0n) is 47.7. The largest absolute Gasteiger partial charge is 0.456 e. The Balaban J connectivity index is 1.31. The van der Waals surface area contributed by atoms with Crippen LogP contribution in [-0.2, 0) is 0 Å². The number of rotatable bonds is 6. The lowest BCUT2D eigenvalue weighted by Gasteiger charge is -2.16. The van der Waals surface area contributed by atoms with Crippen molar-refractivity contribution < 1.29 is 30.5 Å². The minimum absolute atomic E-state index is 0.00255. The smallest absolute Gasteiger partial charge is 0.166 e. The number of aromatic nitrogens is 4. The van der Waals surface area contributed by atoms with E-state index in [2.05, 4.69) is 0 Å². The van der Waals surface area contributed by atoms with Gasteiger partial charge in [-0.2, -0.15) is 0 Å². The molecule has 11 aromatic rings. The lowest BCUT2D eigenvalue weighted by Crippen LogP contribution is -2.04. The molecule has 0 amide bonds. The van der Waals surface area contributed by atoms with Crippen LogP contribution >= 0.6 is 0 Å². The highest BCUT2D eigenvalue weighted by Gasteiger charge is 2.21. The molecule has 0 unspecified atom stereocenters. The van der Waals surface area contributed by atoms with E-state index in [0.717, 1.165) is 0 Å². The topological polar surface area (TPSA) is 56.7 Å². The Bertz CT molecular complexity index is 4270. The van der Waals surface area contributed by atoms with Crippen LogP contribution in [0, 0.1) is 0 Å². The second kappa shape index (κ2) is 13.0. The van der Waals surface area contributed by atoms with Gasteiger partial charge in [-0.3, -0.25) is 0 Å². The number of fused-ring (bicyclic) bond motifs is 6. The van der Waals surface area contributed by atoms with Crippen molar-refractivity contribution in [3.05, 3.63) is 194 Å². The summed E-state index contributed by atoms with van der Waals surface area (Å²) in [7, 11) is 0. The number of nitrogens with zero attached hydrogens (tertiary/aromatic N) is 4.